The Kier molecular flexibility index (Phi) is 8.22. The molecule has 38 heavy (non-hydrogen) atoms. The summed E-state index contributed by atoms with van der Waals surface area (Å²) >= 11 is 0. The smallest absolute Gasteiger partial charge is 0.295 e. The van der Waals surface area contributed by atoms with Crippen LogP contribution in [0.25, 0.3) is 16.9 Å². The van der Waals surface area contributed by atoms with E-state index in [-0.39, 0.29) is 23.0 Å². The van der Waals surface area contributed by atoms with Crippen molar-refractivity contribution in [3.8, 4) is 22.7 Å². The van der Waals surface area contributed by atoms with Crippen LogP contribution in [-0.4, -0.2) is 74.2 Å². The predicted octanol–water partition coefficient (Wildman–Crippen LogP) is 2.23. The summed E-state index contributed by atoms with van der Waals surface area (Å²) in [5, 5.41) is 19.3. The van der Waals surface area contributed by atoms with Gasteiger partial charge < -0.3 is 24.6 Å². The Hall–Kier alpha value is -4.45. The van der Waals surface area contributed by atoms with Crippen molar-refractivity contribution in [3.63, 3.8) is 0 Å². The minimum absolute atomic E-state index is 0.0604. The van der Waals surface area contributed by atoms with Gasteiger partial charge in [-0.3, -0.25) is 19.7 Å². The number of nitro groups is 1. The third-order valence-corrected chi connectivity index (χ3v) is 6.25. The summed E-state index contributed by atoms with van der Waals surface area (Å²) in [6.07, 6.45) is 0. The van der Waals surface area contributed by atoms with Gasteiger partial charge in [0.05, 0.1) is 30.9 Å². The second kappa shape index (κ2) is 11.7. The van der Waals surface area contributed by atoms with Gasteiger partial charge >= 0.3 is 0 Å². The molecule has 3 aromatic rings. The molecule has 0 radical (unpaired) electrons. The monoisotopic (exact) mass is 522 g/mol. The lowest BCUT2D eigenvalue weighted by Gasteiger charge is -2.29. The predicted molar refractivity (Wildman–Crippen MR) is 143 cm³/mol. The highest BCUT2D eigenvalue weighted by molar-refractivity contribution is 5.73. The zero-order valence-corrected chi connectivity index (χ0v) is 21.5. The number of amides is 1. The molecule has 2 aromatic carbocycles. The van der Waals surface area contributed by atoms with Crippen LogP contribution in [0.2, 0.25) is 0 Å². The molecule has 1 aliphatic heterocycles. The summed E-state index contributed by atoms with van der Waals surface area (Å²) in [4.78, 5) is 40.3. The molecule has 200 valence electrons. The van der Waals surface area contributed by atoms with Gasteiger partial charge in [0.15, 0.2) is 0 Å². The number of nitro benzene ring substituents is 1. The number of hydrogen-bond acceptors (Lipinski definition) is 9. The van der Waals surface area contributed by atoms with Crippen LogP contribution < -0.4 is 25.4 Å². The molecule has 0 aliphatic carbocycles. The van der Waals surface area contributed by atoms with E-state index in [2.05, 4.69) is 10.4 Å². The normalized spacial score (nSPS) is 13.2. The highest BCUT2D eigenvalue weighted by atomic mass is 16.6. The lowest BCUT2D eigenvalue weighted by Crippen LogP contribution is -2.37. The number of rotatable bonds is 9. The van der Waals surface area contributed by atoms with E-state index in [0.29, 0.717) is 56.4 Å². The van der Waals surface area contributed by atoms with Gasteiger partial charge in [0.2, 0.25) is 5.91 Å². The number of hydrogen-bond donors (Lipinski definition) is 1. The first kappa shape index (κ1) is 26.6. The molecule has 0 saturated carbocycles. The van der Waals surface area contributed by atoms with Gasteiger partial charge in [-0.15, -0.1) is 0 Å². The molecule has 2 heterocycles. The molecule has 1 amide bonds. The molecule has 1 aromatic heterocycles. The molecule has 1 aliphatic rings. The van der Waals surface area contributed by atoms with Gasteiger partial charge in [0.25, 0.3) is 11.2 Å². The van der Waals surface area contributed by atoms with Crippen LogP contribution in [0.4, 0.5) is 17.1 Å². The van der Waals surface area contributed by atoms with E-state index >= 15 is 0 Å². The molecule has 12 heteroatoms. The largest absolute Gasteiger partial charge is 0.497 e. The van der Waals surface area contributed by atoms with Crippen LogP contribution >= 0.6 is 0 Å². The summed E-state index contributed by atoms with van der Waals surface area (Å²) < 4.78 is 11.9. The molecular weight excluding hydrogens is 492 g/mol. The molecule has 1 saturated heterocycles. The lowest BCUT2D eigenvalue weighted by atomic mass is 10.1. The van der Waals surface area contributed by atoms with Gasteiger partial charge in [-0.2, -0.15) is 9.78 Å². The second-order valence-electron chi connectivity index (χ2n) is 8.80. The number of methoxy groups -OCH3 is 1. The number of carbonyl (C=O) groups excluding carboxylic acids is 1. The Morgan fingerprint density at radius 2 is 1.97 bits per heavy atom. The van der Waals surface area contributed by atoms with Crippen molar-refractivity contribution in [1.29, 1.82) is 0 Å². The SMILES string of the molecule is COc1cccc(-c2cc(N(C)CCNC(C)=O)c(=O)n(-c3cc(N4CCOCC4)ccc3[N+](=O)[O-])n2)c1. The fraction of sp³-hybridized carbons (Fsp3) is 0.346. The van der Waals surface area contributed by atoms with Crippen molar-refractivity contribution >= 4 is 23.0 Å². The third kappa shape index (κ3) is 5.92. The molecule has 12 nitrogen and oxygen atoms in total. The first-order chi connectivity index (χ1) is 18.3. The highest BCUT2D eigenvalue weighted by Crippen LogP contribution is 2.30. The van der Waals surface area contributed by atoms with Gasteiger partial charge in [-0.1, -0.05) is 12.1 Å². The Bertz CT molecular complexity index is 1380. The number of carbonyl (C=O) groups is 1. The van der Waals surface area contributed by atoms with Crippen LogP contribution in [-0.2, 0) is 9.53 Å². The zero-order valence-electron chi connectivity index (χ0n) is 21.5. The standard InChI is InChI=1S/C26H30N6O6/c1-18(33)27-9-10-29(2)25-17-22(19-5-4-6-21(15-19)37-3)28-31(26(25)34)24-16-20(7-8-23(24)32(35)36)30-11-13-38-14-12-30/h4-8,15-17H,9-14H2,1-3H3,(H,27,33). The second-order valence-corrected chi connectivity index (χ2v) is 8.80. The van der Waals surface area contributed by atoms with E-state index in [0.717, 1.165) is 10.4 Å². The van der Waals surface area contributed by atoms with Crippen LogP contribution in [0.5, 0.6) is 5.75 Å². The number of anilines is 2. The maximum absolute atomic E-state index is 13.8. The average Bonchev–Trinajstić information content (AvgIpc) is 2.93. The van der Waals surface area contributed by atoms with E-state index < -0.39 is 10.5 Å². The van der Waals surface area contributed by atoms with Crippen LogP contribution in [0.3, 0.4) is 0 Å². The van der Waals surface area contributed by atoms with Crippen molar-refractivity contribution in [3.05, 3.63) is 69.0 Å². The van der Waals surface area contributed by atoms with Crippen LogP contribution in [0.1, 0.15) is 6.92 Å². The molecular formula is C26H30N6O6. The number of likely N-dealkylation sites (N-methyl/N-ethyl adjacent to an activating group) is 1. The number of ether oxygens (including phenoxy) is 2. The maximum atomic E-state index is 13.8. The summed E-state index contributed by atoms with van der Waals surface area (Å²) in [7, 11) is 3.27. The maximum Gasteiger partial charge on any atom is 0.295 e. The third-order valence-electron chi connectivity index (χ3n) is 6.25. The number of morpholine rings is 1. The van der Waals surface area contributed by atoms with E-state index in [9.17, 15) is 19.7 Å². The summed E-state index contributed by atoms with van der Waals surface area (Å²) in [5.74, 6) is 0.418. The van der Waals surface area contributed by atoms with Gasteiger partial charge in [-0.05, 0) is 30.3 Å². The summed E-state index contributed by atoms with van der Waals surface area (Å²) in [6.45, 7) is 4.40. The fourth-order valence-corrected chi connectivity index (χ4v) is 4.22. The first-order valence-electron chi connectivity index (χ1n) is 12.1. The average molecular weight is 523 g/mol. The molecule has 0 atom stereocenters. The fourth-order valence-electron chi connectivity index (χ4n) is 4.22. The molecule has 0 unspecified atom stereocenters. The summed E-state index contributed by atoms with van der Waals surface area (Å²) in [6, 6.07) is 13.5. The number of nitrogens with zero attached hydrogens (tertiary/aromatic N) is 5. The first-order valence-corrected chi connectivity index (χ1v) is 12.1. The van der Waals surface area contributed by atoms with Crippen molar-refractivity contribution < 1.29 is 19.2 Å². The zero-order chi connectivity index (χ0) is 27.2. The number of benzene rings is 2. The van der Waals surface area contributed by atoms with Crippen molar-refractivity contribution in [1.82, 2.24) is 15.1 Å². The van der Waals surface area contributed by atoms with E-state index in [1.54, 1.807) is 55.5 Å². The molecule has 0 bridgehead atoms. The van der Waals surface area contributed by atoms with Crippen molar-refractivity contribution in [2.45, 2.75) is 6.92 Å². The van der Waals surface area contributed by atoms with Gasteiger partial charge in [0.1, 0.15) is 17.1 Å². The topological polar surface area (TPSA) is 132 Å². The van der Waals surface area contributed by atoms with Gasteiger partial charge in [-0.25, -0.2) is 0 Å². The number of nitrogens with one attached hydrogen (secondary N) is 1. The minimum Gasteiger partial charge on any atom is -0.497 e. The molecule has 4 rings (SSSR count). The number of aromatic nitrogens is 2. The molecule has 0 spiro atoms. The van der Waals surface area contributed by atoms with Gasteiger partial charge in [0, 0.05) is 57.5 Å². The Labute approximate surface area is 219 Å². The Morgan fingerprint density at radius 1 is 1.21 bits per heavy atom. The minimum atomic E-state index is -0.524. The van der Waals surface area contributed by atoms with E-state index in [1.807, 2.05) is 11.0 Å². The Morgan fingerprint density at radius 3 is 2.66 bits per heavy atom. The highest BCUT2D eigenvalue weighted by Gasteiger charge is 2.24. The van der Waals surface area contributed by atoms with E-state index in [1.165, 1.54) is 13.0 Å². The molecule has 1 N–H and O–H groups in total. The Balaban J connectivity index is 1.89. The van der Waals surface area contributed by atoms with Crippen molar-refractivity contribution in [2.75, 3.05) is 63.4 Å². The lowest BCUT2D eigenvalue weighted by molar-refractivity contribution is -0.384. The quantitative estimate of drug-likeness (QED) is 0.332. The van der Waals surface area contributed by atoms with Crippen molar-refractivity contribution in [2.24, 2.45) is 0 Å². The molecule has 1 fully saturated rings. The van der Waals surface area contributed by atoms with E-state index in [4.69, 9.17) is 9.47 Å². The van der Waals surface area contributed by atoms with Crippen LogP contribution in [0, 0.1) is 10.1 Å². The van der Waals surface area contributed by atoms with Crippen LogP contribution in [0.15, 0.2) is 53.3 Å². The summed E-state index contributed by atoms with van der Waals surface area (Å²) in [5.41, 5.74) is 1.39.